The second kappa shape index (κ2) is 7.35. The van der Waals surface area contributed by atoms with Crippen molar-refractivity contribution in [3.63, 3.8) is 0 Å². The molecule has 0 bridgehead atoms. The molecule has 6 nitrogen and oxygen atoms in total. The minimum atomic E-state index is -0.197. The molecule has 0 aliphatic rings. The van der Waals surface area contributed by atoms with Crippen molar-refractivity contribution < 1.29 is 9.90 Å². The summed E-state index contributed by atoms with van der Waals surface area (Å²) in [7, 11) is 0. The summed E-state index contributed by atoms with van der Waals surface area (Å²) in [6.45, 7) is 2.18. The van der Waals surface area contributed by atoms with Gasteiger partial charge in [-0.1, -0.05) is 0 Å². The highest BCUT2D eigenvalue weighted by Crippen LogP contribution is 2.17. The average molecular weight is 286 g/mol. The maximum Gasteiger partial charge on any atom is 0.251 e. The minimum Gasteiger partial charge on any atom is -0.395 e. The van der Waals surface area contributed by atoms with Gasteiger partial charge in [0.15, 0.2) is 0 Å². The number of hydrogen-bond acceptors (Lipinski definition) is 5. The van der Waals surface area contributed by atoms with Crippen LogP contribution in [0.1, 0.15) is 29.0 Å². The predicted molar refractivity (Wildman–Crippen MR) is 79.9 cm³/mol. The fraction of sp³-hybridized carbons (Fsp3) is 0.267. The lowest BCUT2D eigenvalue weighted by Gasteiger charge is -2.14. The van der Waals surface area contributed by atoms with Crippen molar-refractivity contribution in [1.82, 2.24) is 15.3 Å². The van der Waals surface area contributed by atoms with E-state index in [1.165, 1.54) is 0 Å². The normalized spacial score (nSPS) is 11.7. The monoisotopic (exact) mass is 286 g/mol. The summed E-state index contributed by atoms with van der Waals surface area (Å²) in [5.74, 6) is -0.197. The Morgan fingerprint density at radius 1 is 1.29 bits per heavy atom. The van der Waals surface area contributed by atoms with Crippen LogP contribution in [0.2, 0.25) is 0 Å². The van der Waals surface area contributed by atoms with Crippen LogP contribution in [0.5, 0.6) is 0 Å². The molecule has 1 aromatic carbocycles. The number of carbonyl (C=O) groups excluding carboxylic acids is 1. The van der Waals surface area contributed by atoms with Crippen LogP contribution in [0.4, 0.5) is 5.69 Å². The number of aliphatic hydroxyl groups excluding tert-OH is 1. The lowest BCUT2D eigenvalue weighted by molar-refractivity contribution is 0.0945. The number of aromatic nitrogens is 2. The number of rotatable bonds is 6. The molecule has 0 saturated heterocycles. The van der Waals surface area contributed by atoms with Crippen LogP contribution in [0.25, 0.3) is 0 Å². The lowest BCUT2D eigenvalue weighted by atomic mass is 10.1. The summed E-state index contributed by atoms with van der Waals surface area (Å²) >= 11 is 0. The van der Waals surface area contributed by atoms with Crippen LogP contribution in [-0.2, 0) is 0 Å². The van der Waals surface area contributed by atoms with Crippen LogP contribution in [0.3, 0.4) is 0 Å². The van der Waals surface area contributed by atoms with E-state index in [4.69, 9.17) is 5.11 Å². The van der Waals surface area contributed by atoms with Crippen molar-refractivity contribution in [3.05, 3.63) is 54.1 Å². The zero-order chi connectivity index (χ0) is 15.1. The Morgan fingerprint density at radius 3 is 2.67 bits per heavy atom. The van der Waals surface area contributed by atoms with Crippen LogP contribution >= 0.6 is 0 Å². The smallest absolute Gasteiger partial charge is 0.251 e. The summed E-state index contributed by atoms with van der Waals surface area (Å²) < 4.78 is 0. The first-order chi connectivity index (χ1) is 10.2. The van der Waals surface area contributed by atoms with Gasteiger partial charge in [0.1, 0.15) is 0 Å². The van der Waals surface area contributed by atoms with E-state index in [9.17, 15) is 4.79 Å². The molecule has 2 aromatic rings. The third-order valence-corrected chi connectivity index (χ3v) is 2.95. The Labute approximate surface area is 123 Å². The van der Waals surface area contributed by atoms with E-state index in [1.54, 1.807) is 30.7 Å². The molecule has 110 valence electrons. The Balaban J connectivity index is 1.98. The average Bonchev–Trinajstić information content (AvgIpc) is 2.54. The van der Waals surface area contributed by atoms with Crippen molar-refractivity contribution in [2.24, 2.45) is 0 Å². The number of hydrogen-bond donors (Lipinski definition) is 3. The van der Waals surface area contributed by atoms with Gasteiger partial charge in [0, 0.05) is 30.2 Å². The Morgan fingerprint density at radius 2 is 2.05 bits per heavy atom. The van der Waals surface area contributed by atoms with Crippen molar-refractivity contribution in [3.8, 4) is 0 Å². The fourth-order valence-electron chi connectivity index (χ4n) is 1.85. The second-order valence-corrected chi connectivity index (χ2v) is 4.55. The van der Waals surface area contributed by atoms with Crippen molar-refractivity contribution in [2.45, 2.75) is 13.0 Å². The van der Waals surface area contributed by atoms with Gasteiger partial charge in [-0.15, -0.1) is 0 Å². The molecule has 21 heavy (non-hydrogen) atoms. The van der Waals surface area contributed by atoms with Gasteiger partial charge in [-0.3, -0.25) is 14.8 Å². The Kier molecular flexibility index (Phi) is 5.22. The van der Waals surface area contributed by atoms with Crippen molar-refractivity contribution in [2.75, 3.05) is 18.5 Å². The Bertz CT molecular complexity index is 572. The van der Waals surface area contributed by atoms with E-state index in [1.807, 2.05) is 19.1 Å². The highest BCUT2D eigenvalue weighted by molar-refractivity contribution is 5.94. The predicted octanol–water partition coefficient (Wildman–Crippen LogP) is 1.37. The zero-order valence-electron chi connectivity index (χ0n) is 11.8. The van der Waals surface area contributed by atoms with Gasteiger partial charge in [-0.05, 0) is 31.2 Å². The van der Waals surface area contributed by atoms with Gasteiger partial charge in [0.25, 0.3) is 5.91 Å². The second-order valence-electron chi connectivity index (χ2n) is 4.55. The summed E-state index contributed by atoms with van der Waals surface area (Å²) in [5, 5.41) is 14.6. The number of aliphatic hydroxyl groups is 1. The first-order valence-electron chi connectivity index (χ1n) is 6.72. The topological polar surface area (TPSA) is 87.1 Å². The van der Waals surface area contributed by atoms with E-state index in [-0.39, 0.29) is 25.1 Å². The molecule has 0 aliphatic heterocycles. The third-order valence-electron chi connectivity index (χ3n) is 2.95. The number of amides is 1. The molecule has 2 rings (SSSR count). The van der Waals surface area contributed by atoms with Crippen LogP contribution in [-0.4, -0.2) is 34.1 Å². The molecule has 1 unspecified atom stereocenters. The molecule has 0 saturated carbocycles. The molecule has 6 heteroatoms. The number of carbonyl (C=O) groups is 1. The van der Waals surface area contributed by atoms with Crippen LogP contribution in [0.15, 0.2) is 42.9 Å². The van der Waals surface area contributed by atoms with E-state index in [0.717, 1.165) is 11.4 Å². The van der Waals surface area contributed by atoms with Crippen molar-refractivity contribution >= 4 is 11.6 Å². The van der Waals surface area contributed by atoms with Crippen molar-refractivity contribution in [1.29, 1.82) is 0 Å². The molecular weight excluding hydrogens is 268 g/mol. The molecule has 1 atom stereocenters. The Hall–Kier alpha value is -2.47. The maximum atomic E-state index is 11.7. The first-order valence-corrected chi connectivity index (χ1v) is 6.72. The molecule has 1 amide bonds. The number of benzene rings is 1. The van der Waals surface area contributed by atoms with E-state index in [2.05, 4.69) is 20.6 Å². The van der Waals surface area contributed by atoms with E-state index >= 15 is 0 Å². The standard InChI is InChI=1S/C15H18N4O2/c1-11(14-10-16-6-7-17-14)19-13-4-2-12(3-5-13)15(21)18-8-9-20/h2-7,10-11,19-20H,8-9H2,1H3,(H,18,21). The molecule has 0 aliphatic carbocycles. The molecule has 0 radical (unpaired) electrons. The molecule has 1 heterocycles. The lowest BCUT2D eigenvalue weighted by Crippen LogP contribution is -2.26. The summed E-state index contributed by atoms with van der Waals surface area (Å²) in [5.41, 5.74) is 2.30. The molecule has 0 spiro atoms. The third kappa shape index (κ3) is 4.25. The molecule has 3 N–H and O–H groups in total. The van der Waals surface area contributed by atoms with Gasteiger partial charge < -0.3 is 15.7 Å². The fourth-order valence-corrected chi connectivity index (χ4v) is 1.85. The highest BCUT2D eigenvalue weighted by Gasteiger charge is 2.08. The van der Waals surface area contributed by atoms with Gasteiger partial charge in [-0.25, -0.2) is 0 Å². The molecular formula is C15H18N4O2. The van der Waals surface area contributed by atoms with Gasteiger partial charge >= 0.3 is 0 Å². The van der Waals surface area contributed by atoms with Gasteiger partial charge in [-0.2, -0.15) is 0 Å². The van der Waals surface area contributed by atoms with Gasteiger partial charge in [0.05, 0.1) is 24.5 Å². The van der Waals surface area contributed by atoms with Crippen LogP contribution in [0, 0.1) is 0 Å². The summed E-state index contributed by atoms with van der Waals surface area (Å²) in [6.07, 6.45) is 5.01. The van der Waals surface area contributed by atoms with E-state index in [0.29, 0.717) is 5.56 Å². The summed E-state index contributed by atoms with van der Waals surface area (Å²) in [6, 6.07) is 7.16. The zero-order valence-corrected chi connectivity index (χ0v) is 11.8. The summed E-state index contributed by atoms with van der Waals surface area (Å²) in [4.78, 5) is 20.0. The highest BCUT2D eigenvalue weighted by atomic mass is 16.3. The van der Waals surface area contributed by atoms with Gasteiger partial charge in [0.2, 0.25) is 0 Å². The number of nitrogens with one attached hydrogen (secondary N) is 2. The number of nitrogens with zero attached hydrogens (tertiary/aromatic N) is 2. The molecule has 0 fully saturated rings. The largest absolute Gasteiger partial charge is 0.395 e. The number of anilines is 1. The maximum absolute atomic E-state index is 11.7. The SMILES string of the molecule is CC(Nc1ccc(C(=O)NCCO)cc1)c1cnccn1. The van der Waals surface area contributed by atoms with Crippen LogP contribution < -0.4 is 10.6 Å². The molecule has 1 aromatic heterocycles. The minimum absolute atomic E-state index is 0.0211. The quantitative estimate of drug-likeness (QED) is 0.746. The first kappa shape index (κ1) is 14.9. The van der Waals surface area contributed by atoms with E-state index < -0.39 is 0 Å².